The summed E-state index contributed by atoms with van der Waals surface area (Å²) in [6, 6.07) is 6.49. The van der Waals surface area contributed by atoms with Gasteiger partial charge < -0.3 is 0 Å². The van der Waals surface area contributed by atoms with Crippen molar-refractivity contribution >= 4 is 15.7 Å². The zero-order valence-electron chi connectivity index (χ0n) is 11.9. The number of hydrogen-bond acceptors (Lipinski definition) is 5. The number of sulfonamides is 1. The molecule has 1 aromatic carbocycles. The molecule has 1 heterocycles. The van der Waals surface area contributed by atoms with E-state index < -0.39 is 14.9 Å². The Bertz CT molecular complexity index is 600. The second kappa shape index (κ2) is 6.50. The van der Waals surface area contributed by atoms with Crippen LogP contribution >= 0.6 is 0 Å². The molecular weight excluding hydrogens is 294 g/mol. The van der Waals surface area contributed by atoms with E-state index in [4.69, 9.17) is 0 Å². The van der Waals surface area contributed by atoms with Gasteiger partial charge in [-0.1, -0.05) is 12.1 Å². The van der Waals surface area contributed by atoms with E-state index in [1.165, 1.54) is 22.7 Å². The molecule has 0 N–H and O–H groups in total. The van der Waals surface area contributed by atoms with Gasteiger partial charge in [-0.3, -0.25) is 15.0 Å². The van der Waals surface area contributed by atoms with Gasteiger partial charge in [0.05, 0.1) is 11.2 Å². The molecule has 1 aromatic rings. The highest BCUT2D eigenvalue weighted by atomic mass is 32.2. The van der Waals surface area contributed by atoms with Crippen molar-refractivity contribution in [2.24, 2.45) is 0 Å². The van der Waals surface area contributed by atoms with Crippen molar-refractivity contribution < 1.29 is 13.3 Å². The second-order valence-electron chi connectivity index (χ2n) is 5.22. The molecular formula is C13H19N3O4S. The van der Waals surface area contributed by atoms with Gasteiger partial charge in [-0.25, -0.2) is 12.7 Å². The summed E-state index contributed by atoms with van der Waals surface area (Å²) in [5, 5.41) is 10.6. The van der Waals surface area contributed by atoms with E-state index in [0.717, 1.165) is 18.5 Å². The molecule has 7 nitrogen and oxygen atoms in total. The second-order valence-corrected chi connectivity index (χ2v) is 7.20. The maximum Gasteiger partial charge on any atom is 0.269 e. The summed E-state index contributed by atoms with van der Waals surface area (Å²) < 4.78 is 24.6. The van der Waals surface area contributed by atoms with Crippen LogP contribution in [0.25, 0.3) is 0 Å². The first-order chi connectivity index (χ1) is 9.86. The van der Waals surface area contributed by atoms with Gasteiger partial charge in [0, 0.05) is 38.3 Å². The summed E-state index contributed by atoms with van der Waals surface area (Å²) in [6.45, 7) is 3.21. The number of nitro groups is 1. The van der Waals surface area contributed by atoms with Gasteiger partial charge >= 0.3 is 0 Å². The summed E-state index contributed by atoms with van der Waals surface area (Å²) in [5.41, 5.74) is 1.08. The van der Waals surface area contributed by atoms with Crippen LogP contribution in [0.5, 0.6) is 0 Å². The predicted molar refractivity (Wildman–Crippen MR) is 79.4 cm³/mol. The molecule has 0 atom stereocenters. The smallest absolute Gasteiger partial charge is 0.269 e. The van der Waals surface area contributed by atoms with Gasteiger partial charge in [-0.15, -0.1) is 0 Å². The molecule has 1 aliphatic rings. The van der Waals surface area contributed by atoms with Crippen LogP contribution < -0.4 is 0 Å². The number of benzene rings is 1. The number of hydrogen-bond donors (Lipinski definition) is 0. The van der Waals surface area contributed by atoms with Crippen molar-refractivity contribution in [3.63, 3.8) is 0 Å². The van der Waals surface area contributed by atoms with E-state index in [-0.39, 0.29) is 5.69 Å². The Hall–Kier alpha value is -1.51. The van der Waals surface area contributed by atoms with Crippen LogP contribution in [0.2, 0.25) is 0 Å². The molecule has 0 saturated carbocycles. The van der Waals surface area contributed by atoms with Gasteiger partial charge in [-0.2, -0.15) is 0 Å². The van der Waals surface area contributed by atoms with Crippen molar-refractivity contribution in [2.75, 3.05) is 32.4 Å². The minimum Gasteiger partial charge on any atom is -0.298 e. The van der Waals surface area contributed by atoms with Crippen LogP contribution in [0, 0.1) is 10.1 Å². The first kappa shape index (κ1) is 15.9. The van der Waals surface area contributed by atoms with Crippen molar-refractivity contribution in [2.45, 2.75) is 13.0 Å². The van der Waals surface area contributed by atoms with E-state index in [2.05, 4.69) is 4.90 Å². The number of non-ortho nitro benzene ring substituents is 1. The molecule has 21 heavy (non-hydrogen) atoms. The van der Waals surface area contributed by atoms with E-state index >= 15 is 0 Å². The topological polar surface area (TPSA) is 83.8 Å². The van der Waals surface area contributed by atoms with Crippen LogP contribution in [0.1, 0.15) is 12.0 Å². The minimum absolute atomic E-state index is 0.0814. The van der Waals surface area contributed by atoms with E-state index in [0.29, 0.717) is 26.2 Å². The molecule has 1 saturated heterocycles. The fraction of sp³-hybridized carbons (Fsp3) is 0.538. The Morgan fingerprint density at radius 2 is 1.81 bits per heavy atom. The summed E-state index contributed by atoms with van der Waals surface area (Å²) in [7, 11) is -3.13. The average Bonchev–Trinajstić information content (AvgIpc) is 2.64. The third-order valence-corrected chi connectivity index (χ3v) is 4.87. The van der Waals surface area contributed by atoms with Gasteiger partial charge in [0.15, 0.2) is 0 Å². The van der Waals surface area contributed by atoms with Crippen LogP contribution in [0.3, 0.4) is 0 Å². The van der Waals surface area contributed by atoms with Gasteiger partial charge in [0.1, 0.15) is 0 Å². The molecule has 0 radical (unpaired) electrons. The Balaban J connectivity index is 1.96. The van der Waals surface area contributed by atoms with Crippen LogP contribution in [-0.2, 0) is 16.6 Å². The average molecular weight is 313 g/mol. The van der Waals surface area contributed by atoms with Crippen molar-refractivity contribution in [3.05, 3.63) is 39.9 Å². The molecule has 0 spiro atoms. The van der Waals surface area contributed by atoms with Gasteiger partial charge in [-0.05, 0) is 18.5 Å². The first-order valence-corrected chi connectivity index (χ1v) is 8.62. The lowest BCUT2D eigenvalue weighted by Crippen LogP contribution is -2.34. The Labute approximate surface area is 124 Å². The third-order valence-electron chi connectivity index (χ3n) is 3.57. The summed E-state index contributed by atoms with van der Waals surface area (Å²) in [4.78, 5) is 12.4. The molecule has 1 aliphatic heterocycles. The normalized spacial score (nSPS) is 18.3. The molecule has 0 bridgehead atoms. The van der Waals surface area contributed by atoms with Crippen molar-refractivity contribution in [1.29, 1.82) is 0 Å². The van der Waals surface area contributed by atoms with E-state index in [9.17, 15) is 18.5 Å². The number of rotatable bonds is 4. The highest BCUT2D eigenvalue weighted by molar-refractivity contribution is 7.88. The lowest BCUT2D eigenvalue weighted by molar-refractivity contribution is -0.384. The monoisotopic (exact) mass is 313 g/mol. The molecule has 0 unspecified atom stereocenters. The van der Waals surface area contributed by atoms with Crippen LogP contribution in [0.15, 0.2) is 24.3 Å². The third kappa shape index (κ3) is 4.48. The summed E-state index contributed by atoms with van der Waals surface area (Å²) >= 11 is 0. The predicted octanol–water partition coefficient (Wildman–Crippen LogP) is 1.06. The Morgan fingerprint density at radius 1 is 1.14 bits per heavy atom. The highest BCUT2D eigenvalue weighted by Crippen LogP contribution is 2.15. The molecule has 2 rings (SSSR count). The number of nitro benzene ring substituents is 1. The minimum atomic E-state index is -3.13. The zero-order valence-corrected chi connectivity index (χ0v) is 12.8. The van der Waals surface area contributed by atoms with Crippen LogP contribution in [0.4, 0.5) is 5.69 Å². The first-order valence-electron chi connectivity index (χ1n) is 6.77. The maximum absolute atomic E-state index is 11.5. The zero-order chi connectivity index (χ0) is 15.5. The standard InChI is InChI=1S/C13H19N3O4S/c1-21(19,20)15-8-2-7-14(9-10-15)11-12-3-5-13(6-4-12)16(17)18/h3-6H,2,7-11H2,1H3. The molecule has 0 aliphatic carbocycles. The maximum atomic E-state index is 11.5. The molecule has 116 valence electrons. The van der Waals surface area contributed by atoms with Crippen LogP contribution in [-0.4, -0.2) is 55.0 Å². The van der Waals surface area contributed by atoms with E-state index in [1.807, 2.05) is 0 Å². The highest BCUT2D eigenvalue weighted by Gasteiger charge is 2.21. The number of nitrogens with zero attached hydrogens (tertiary/aromatic N) is 3. The van der Waals surface area contributed by atoms with Gasteiger partial charge in [0.2, 0.25) is 10.0 Å². The quantitative estimate of drug-likeness (QED) is 0.613. The lowest BCUT2D eigenvalue weighted by Gasteiger charge is -2.20. The summed E-state index contributed by atoms with van der Waals surface area (Å²) in [6.07, 6.45) is 2.03. The Morgan fingerprint density at radius 3 is 2.38 bits per heavy atom. The lowest BCUT2D eigenvalue weighted by atomic mass is 10.2. The molecule has 8 heteroatoms. The van der Waals surface area contributed by atoms with E-state index in [1.54, 1.807) is 12.1 Å². The summed E-state index contributed by atoms with van der Waals surface area (Å²) in [5.74, 6) is 0. The van der Waals surface area contributed by atoms with Crippen molar-refractivity contribution in [1.82, 2.24) is 9.21 Å². The van der Waals surface area contributed by atoms with Crippen molar-refractivity contribution in [3.8, 4) is 0 Å². The fourth-order valence-electron chi connectivity index (χ4n) is 2.42. The molecule has 1 fully saturated rings. The fourth-order valence-corrected chi connectivity index (χ4v) is 3.29. The Kier molecular flexibility index (Phi) is 4.92. The largest absolute Gasteiger partial charge is 0.298 e. The molecule has 0 aromatic heterocycles. The van der Waals surface area contributed by atoms with Gasteiger partial charge in [0.25, 0.3) is 5.69 Å². The molecule has 0 amide bonds. The SMILES string of the molecule is CS(=O)(=O)N1CCCN(Cc2ccc([N+](=O)[O-])cc2)CC1.